The number of hydrogen-bond acceptors (Lipinski definition) is 1. The van der Waals surface area contributed by atoms with Crippen LogP contribution in [0.3, 0.4) is 0 Å². The fourth-order valence-corrected chi connectivity index (χ4v) is 11.0. The molecule has 0 N–H and O–H groups in total. The summed E-state index contributed by atoms with van der Waals surface area (Å²) in [7, 11) is 0. The highest BCUT2D eigenvalue weighted by Crippen LogP contribution is 2.65. The molecule has 0 radical (unpaired) electrons. The molecule has 60 heavy (non-hydrogen) atoms. The average molecular weight is 767 g/mol. The standard InChI is InChI=1S/C59H34O/c1-2-15-38-35(14-1)28-29-36-30-31-37(34-47(36)38)54-39-16-3-5-18-41(39)55(42-19-6-4-17-40(42)54)46-23-13-26-50-56(46)43-20-7-10-24-48(43)59(50)49-25-11-8-21-44(49)57-51(59)32-33-53-58(57)45-22-9-12-27-52(45)60-53/h1-34H/i3D,4D,5D,6D,16D,17D,18D,19D. The second kappa shape index (κ2) is 11.7. The highest BCUT2D eigenvalue weighted by Gasteiger charge is 2.53. The van der Waals surface area contributed by atoms with Crippen LogP contribution < -0.4 is 0 Å². The maximum atomic E-state index is 9.84. The lowest BCUT2D eigenvalue weighted by Gasteiger charge is -2.30. The van der Waals surface area contributed by atoms with Gasteiger partial charge in [-0.3, -0.25) is 0 Å². The molecule has 1 heteroatoms. The summed E-state index contributed by atoms with van der Waals surface area (Å²) in [5.41, 5.74) is 10.7. The van der Waals surface area contributed by atoms with Gasteiger partial charge in [0.05, 0.1) is 16.4 Å². The summed E-state index contributed by atoms with van der Waals surface area (Å²) in [6, 6.07) is 50.4. The molecule has 1 nitrogen and oxygen atoms in total. The predicted molar refractivity (Wildman–Crippen MR) is 251 cm³/mol. The van der Waals surface area contributed by atoms with Crippen molar-refractivity contribution >= 4 is 65.0 Å². The Morgan fingerprint density at radius 1 is 0.350 bits per heavy atom. The number of hydrogen-bond donors (Lipinski definition) is 0. The second-order valence-corrected chi connectivity index (χ2v) is 16.0. The summed E-state index contributed by atoms with van der Waals surface area (Å²) in [5, 5.41) is 6.69. The zero-order chi connectivity index (χ0) is 46.1. The predicted octanol–water partition coefficient (Wildman–Crippen LogP) is 15.9. The Bertz CT molecular complexity index is 4240. The molecule has 1 aromatic heterocycles. The summed E-state index contributed by atoms with van der Waals surface area (Å²) >= 11 is 0. The SMILES string of the molecule is [2H]c1c([2H])c([2H])c2c(-c3cccc4c3-c3ccccc3C43c4ccccc4-c4c3ccc3oc5ccccc5c43)c3c([2H])c([2H])c([2H])c([2H])c3c(-c3ccc4ccc5ccccc5c4c3)c2c1[2H]. The van der Waals surface area contributed by atoms with Gasteiger partial charge in [0.2, 0.25) is 0 Å². The van der Waals surface area contributed by atoms with E-state index in [-0.39, 0.29) is 45.7 Å². The normalized spacial score (nSPS) is 16.9. The van der Waals surface area contributed by atoms with Crippen LogP contribution in [0.4, 0.5) is 0 Å². The van der Waals surface area contributed by atoms with Crippen LogP contribution in [0.1, 0.15) is 33.2 Å². The molecule has 11 aromatic carbocycles. The number of benzene rings is 11. The van der Waals surface area contributed by atoms with Gasteiger partial charge >= 0.3 is 0 Å². The third-order valence-electron chi connectivity index (χ3n) is 13.3. The first-order valence-corrected chi connectivity index (χ1v) is 20.3. The van der Waals surface area contributed by atoms with E-state index in [9.17, 15) is 8.22 Å². The second-order valence-electron chi connectivity index (χ2n) is 16.0. The topological polar surface area (TPSA) is 13.1 Å². The fraction of sp³-hybridized carbons (Fsp3) is 0.0169. The lowest BCUT2D eigenvalue weighted by molar-refractivity contribution is 0.668. The molecule has 0 aliphatic heterocycles. The Labute approximate surface area is 357 Å². The minimum absolute atomic E-state index is 0.187. The number of furan rings is 1. The van der Waals surface area contributed by atoms with Gasteiger partial charge in [-0.2, -0.15) is 0 Å². The third-order valence-corrected chi connectivity index (χ3v) is 13.3. The summed E-state index contributed by atoms with van der Waals surface area (Å²) in [4.78, 5) is 0. The number of rotatable bonds is 2. The van der Waals surface area contributed by atoms with Crippen LogP contribution in [0.15, 0.2) is 210 Å². The molecule has 0 bridgehead atoms. The summed E-state index contributed by atoms with van der Waals surface area (Å²) in [6.07, 6.45) is 0. The van der Waals surface area contributed by atoms with Crippen LogP contribution in [-0.4, -0.2) is 0 Å². The first-order valence-electron chi connectivity index (χ1n) is 24.3. The molecule has 276 valence electrons. The molecule has 0 amide bonds. The van der Waals surface area contributed by atoms with Crippen molar-refractivity contribution in [2.24, 2.45) is 0 Å². The lowest BCUT2D eigenvalue weighted by atomic mass is 9.70. The van der Waals surface area contributed by atoms with Gasteiger partial charge in [0.25, 0.3) is 0 Å². The molecule has 0 fully saturated rings. The molecule has 0 saturated heterocycles. The van der Waals surface area contributed by atoms with Crippen LogP contribution in [-0.2, 0) is 5.41 Å². The van der Waals surface area contributed by atoms with Crippen molar-refractivity contribution < 1.29 is 15.4 Å². The van der Waals surface area contributed by atoms with E-state index < -0.39 is 29.6 Å². The van der Waals surface area contributed by atoms with Crippen LogP contribution >= 0.6 is 0 Å². The van der Waals surface area contributed by atoms with E-state index >= 15 is 0 Å². The third kappa shape index (κ3) is 3.97. The molecule has 1 heterocycles. The zero-order valence-corrected chi connectivity index (χ0v) is 31.9. The largest absolute Gasteiger partial charge is 0.456 e. The molecule has 1 atom stereocenters. The smallest absolute Gasteiger partial charge is 0.136 e. The maximum Gasteiger partial charge on any atom is 0.136 e. The Morgan fingerprint density at radius 2 is 0.900 bits per heavy atom. The molecule has 14 rings (SSSR count). The van der Waals surface area contributed by atoms with Crippen molar-refractivity contribution in [2.45, 2.75) is 5.41 Å². The van der Waals surface area contributed by atoms with E-state index in [1.54, 1.807) is 0 Å². The first-order chi connectivity index (χ1) is 33.1. The van der Waals surface area contributed by atoms with Crippen molar-refractivity contribution in [1.82, 2.24) is 0 Å². The minimum Gasteiger partial charge on any atom is -0.456 e. The van der Waals surface area contributed by atoms with Gasteiger partial charge in [0.1, 0.15) is 11.2 Å². The highest BCUT2D eigenvalue weighted by atomic mass is 16.3. The van der Waals surface area contributed by atoms with Crippen LogP contribution in [0.25, 0.3) is 110 Å². The van der Waals surface area contributed by atoms with Crippen molar-refractivity contribution in [3.63, 3.8) is 0 Å². The van der Waals surface area contributed by atoms with Gasteiger partial charge in [0, 0.05) is 10.8 Å². The van der Waals surface area contributed by atoms with Gasteiger partial charge in [-0.1, -0.05) is 188 Å². The quantitative estimate of drug-likeness (QED) is 0.126. The van der Waals surface area contributed by atoms with Gasteiger partial charge in [-0.15, -0.1) is 0 Å². The van der Waals surface area contributed by atoms with E-state index in [2.05, 4.69) is 72.8 Å². The average Bonchev–Trinajstić information content (AvgIpc) is 4.01. The van der Waals surface area contributed by atoms with Crippen molar-refractivity contribution in [1.29, 1.82) is 0 Å². The summed E-state index contributed by atoms with van der Waals surface area (Å²) in [5.74, 6) is 0. The van der Waals surface area contributed by atoms with E-state index in [4.69, 9.17) is 7.16 Å². The molecule has 0 saturated carbocycles. The van der Waals surface area contributed by atoms with Gasteiger partial charge in [-0.05, 0) is 128 Å². The molecule has 2 aliphatic carbocycles. The van der Waals surface area contributed by atoms with Crippen LogP contribution in [0.5, 0.6) is 0 Å². The molecule has 1 unspecified atom stereocenters. The van der Waals surface area contributed by atoms with Gasteiger partial charge < -0.3 is 4.42 Å². The molecular weight excluding hydrogens is 725 g/mol. The maximum absolute atomic E-state index is 9.84. The van der Waals surface area contributed by atoms with Crippen molar-refractivity contribution in [3.05, 3.63) is 228 Å². The number of fused-ring (bicyclic) bond motifs is 19. The van der Waals surface area contributed by atoms with Crippen molar-refractivity contribution in [3.8, 4) is 44.5 Å². The Balaban J connectivity index is 1.18. The van der Waals surface area contributed by atoms with Crippen molar-refractivity contribution in [2.75, 3.05) is 0 Å². The van der Waals surface area contributed by atoms with E-state index in [0.29, 0.717) is 22.3 Å². The Kier molecular flexibility index (Phi) is 4.98. The zero-order valence-electron chi connectivity index (χ0n) is 39.9. The molecule has 12 aromatic rings. The van der Waals surface area contributed by atoms with Gasteiger partial charge in [-0.25, -0.2) is 0 Å². The van der Waals surface area contributed by atoms with Crippen LogP contribution in [0, 0.1) is 0 Å². The Hall–Kier alpha value is -7.74. The van der Waals surface area contributed by atoms with Crippen LogP contribution in [0.2, 0.25) is 0 Å². The highest BCUT2D eigenvalue weighted by molar-refractivity contribution is 6.24. The fourth-order valence-electron chi connectivity index (χ4n) is 11.0. The number of para-hydroxylation sites is 1. The first kappa shape index (κ1) is 25.6. The molecular formula is C59H34O. The molecule has 1 spiro atoms. The van der Waals surface area contributed by atoms with Gasteiger partial charge in [0.15, 0.2) is 0 Å². The van der Waals surface area contributed by atoms with E-state index in [1.165, 1.54) is 0 Å². The van der Waals surface area contributed by atoms with E-state index in [1.807, 2.05) is 84.9 Å². The lowest BCUT2D eigenvalue weighted by Crippen LogP contribution is -2.25. The Morgan fingerprint density at radius 3 is 1.65 bits per heavy atom. The molecule has 2 aliphatic rings. The summed E-state index contributed by atoms with van der Waals surface area (Å²) in [6.45, 7) is 0. The minimum atomic E-state index is -0.835. The van der Waals surface area contributed by atoms with E-state index in [0.717, 1.165) is 88.0 Å². The monoisotopic (exact) mass is 766 g/mol. The summed E-state index contributed by atoms with van der Waals surface area (Å²) < 4.78 is 82.3.